The summed E-state index contributed by atoms with van der Waals surface area (Å²) in [6.07, 6.45) is -0.234. The molecule has 0 unspecified atom stereocenters. The predicted molar refractivity (Wildman–Crippen MR) is 61.4 cm³/mol. The van der Waals surface area contributed by atoms with Gasteiger partial charge in [-0.1, -0.05) is 19.4 Å². The minimum Gasteiger partial charge on any atom is -0.355 e. The maximum atomic E-state index is 12.8. The molecule has 0 heterocycles. The molecule has 1 amide bonds. The van der Waals surface area contributed by atoms with E-state index >= 15 is 0 Å². The van der Waals surface area contributed by atoms with E-state index in [1.165, 1.54) is 13.1 Å². The number of allylic oxidation sites excluding steroid dienone is 3. The first kappa shape index (κ1) is 14.8. The van der Waals surface area contributed by atoms with Gasteiger partial charge in [0.2, 0.25) is 5.91 Å². The van der Waals surface area contributed by atoms with E-state index in [2.05, 4.69) is 5.32 Å². The molecule has 0 fully saturated rings. The molecule has 2 nitrogen and oxygen atoms in total. The van der Waals surface area contributed by atoms with Crippen LogP contribution in [0.4, 0.5) is 8.78 Å². The lowest BCUT2D eigenvalue weighted by molar-refractivity contribution is -0.117. The largest absolute Gasteiger partial charge is 0.355 e. The van der Waals surface area contributed by atoms with Gasteiger partial charge in [0.15, 0.2) is 0 Å². The highest BCUT2D eigenvalue weighted by molar-refractivity contribution is 5.93. The molecule has 0 aliphatic carbocycles. The molecule has 0 aliphatic rings. The number of hydrogen-bond donors (Lipinski definition) is 1. The summed E-state index contributed by atoms with van der Waals surface area (Å²) in [4.78, 5) is 11.4. The number of hydrogen-bond acceptors (Lipinski definition) is 1. The van der Waals surface area contributed by atoms with Crippen molar-refractivity contribution in [3.8, 4) is 0 Å². The molecule has 0 saturated heterocycles. The molecule has 0 saturated carbocycles. The quantitative estimate of drug-likeness (QED) is 0.572. The van der Waals surface area contributed by atoms with Gasteiger partial charge in [0, 0.05) is 18.2 Å². The summed E-state index contributed by atoms with van der Waals surface area (Å²) in [5.41, 5.74) is 0.957. The van der Waals surface area contributed by atoms with Gasteiger partial charge in [-0.05, 0) is 25.8 Å². The minimum atomic E-state index is -2.54. The zero-order valence-electron chi connectivity index (χ0n) is 10.2. The van der Waals surface area contributed by atoms with Gasteiger partial charge in [-0.2, -0.15) is 0 Å². The summed E-state index contributed by atoms with van der Waals surface area (Å²) >= 11 is 0. The van der Waals surface area contributed by atoms with Crippen LogP contribution in [0.3, 0.4) is 0 Å². The van der Waals surface area contributed by atoms with Crippen molar-refractivity contribution in [1.29, 1.82) is 0 Å². The van der Waals surface area contributed by atoms with Gasteiger partial charge in [-0.25, -0.2) is 8.78 Å². The van der Waals surface area contributed by atoms with Gasteiger partial charge >= 0.3 is 0 Å². The Kier molecular flexibility index (Phi) is 6.61. The highest BCUT2D eigenvalue weighted by atomic mass is 19.3. The van der Waals surface area contributed by atoms with Crippen molar-refractivity contribution >= 4 is 5.91 Å². The Morgan fingerprint density at radius 3 is 2.19 bits per heavy atom. The summed E-state index contributed by atoms with van der Waals surface area (Å²) in [7, 11) is 1.49. The minimum absolute atomic E-state index is 0.0389. The van der Waals surface area contributed by atoms with Gasteiger partial charge in [0.1, 0.15) is 0 Å². The first-order valence-corrected chi connectivity index (χ1v) is 5.38. The van der Waals surface area contributed by atoms with Crippen LogP contribution in [0.1, 0.15) is 33.6 Å². The van der Waals surface area contributed by atoms with Crippen LogP contribution < -0.4 is 5.32 Å². The fraction of sp³-hybridized carbons (Fsp3) is 0.583. The van der Waals surface area contributed by atoms with Crippen LogP contribution in [0.2, 0.25) is 0 Å². The number of carbonyl (C=O) groups is 1. The van der Waals surface area contributed by atoms with Gasteiger partial charge < -0.3 is 5.32 Å². The number of halogens is 2. The Bertz CT molecular complexity index is 306. The average molecular weight is 231 g/mol. The average Bonchev–Trinajstić information content (AvgIpc) is 2.28. The number of likely N-dealkylation sites (N-methyl/N-ethyl adjacent to an activating group) is 1. The zero-order chi connectivity index (χ0) is 12.7. The molecule has 0 aliphatic heterocycles. The third kappa shape index (κ3) is 4.13. The van der Waals surface area contributed by atoms with Crippen LogP contribution in [-0.4, -0.2) is 19.4 Å². The topological polar surface area (TPSA) is 29.1 Å². The van der Waals surface area contributed by atoms with E-state index in [9.17, 15) is 13.6 Å². The van der Waals surface area contributed by atoms with Crippen molar-refractivity contribution < 1.29 is 13.6 Å². The van der Waals surface area contributed by atoms with Crippen molar-refractivity contribution in [3.63, 3.8) is 0 Å². The fourth-order valence-electron chi connectivity index (χ4n) is 1.25. The number of alkyl halides is 2. The molecular weight excluding hydrogens is 212 g/mol. The highest BCUT2D eigenvalue weighted by Gasteiger charge is 2.14. The third-order valence-corrected chi connectivity index (χ3v) is 2.49. The number of amides is 1. The van der Waals surface area contributed by atoms with Crippen molar-refractivity contribution in [1.82, 2.24) is 5.32 Å². The van der Waals surface area contributed by atoms with Crippen molar-refractivity contribution in [3.05, 3.63) is 22.8 Å². The lowest BCUT2D eigenvalue weighted by atomic mass is 10.0. The van der Waals surface area contributed by atoms with E-state index < -0.39 is 6.43 Å². The van der Waals surface area contributed by atoms with Crippen LogP contribution in [0, 0.1) is 0 Å². The van der Waals surface area contributed by atoms with E-state index in [1.54, 1.807) is 13.8 Å². The van der Waals surface area contributed by atoms with E-state index in [1.807, 2.05) is 6.92 Å². The smallest absolute Gasteiger partial charge is 0.263 e. The van der Waals surface area contributed by atoms with Crippen LogP contribution in [-0.2, 0) is 4.79 Å². The standard InChI is InChI=1S/C12H19F2NO/c1-5-8(3)10(11(13)14)7-9(6-2)12(16)15-4/h7,11H,5-6H2,1-4H3,(H,15,16). The second-order valence-corrected chi connectivity index (χ2v) is 3.49. The molecule has 92 valence electrons. The van der Waals surface area contributed by atoms with Gasteiger partial charge in [0.25, 0.3) is 6.43 Å². The molecule has 0 aromatic carbocycles. The maximum Gasteiger partial charge on any atom is 0.263 e. The number of nitrogens with one attached hydrogen (secondary N) is 1. The summed E-state index contributed by atoms with van der Waals surface area (Å²) in [6.45, 7) is 5.25. The molecule has 0 aromatic rings. The summed E-state index contributed by atoms with van der Waals surface area (Å²) in [5, 5.41) is 2.44. The lowest BCUT2D eigenvalue weighted by Gasteiger charge is -2.09. The lowest BCUT2D eigenvalue weighted by Crippen LogP contribution is -2.20. The van der Waals surface area contributed by atoms with Gasteiger partial charge in [0.05, 0.1) is 0 Å². The first-order valence-electron chi connectivity index (χ1n) is 5.38. The third-order valence-electron chi connectivity index (χ3n) is 2.49. The molecule has 16 heavy (non-hydrogen) atoms. The van der Waals surface area contributed by atoms with Gasteiger partial charge in [-0.15, -0.1) is 0 Å². The molecule has 4 heteroatoms. The monoisotopic (exact) mass is 231 g/mol. The van der Waals surface area contributed by atoms with E-state index in [0.29, 0.717) is 24.0 Å². The zero-order valence-corrected chi connectivity index (χ0v) is 10.2. The molecular formula is C12H19F2NO. The van der Waals surface area contributed by atoms with E-state index in [4.69, 9.17) is 0 Å². The van der Waals surface area contributed by atoms with Gasteiger partial charge in [-0.3, -0.25) is 4.79 Å². The molecule has 0 bridgehead atoms. The van der Waals surface area contributed by atoms with Crippen LogP contribution >= 0.6 is 0 Å². The van der Waals surface area contributed by atoms with Crippen LogP contribution in [0.25, 0.3) is 0 Å². The van der Waals surface area contributed by atoms with Crippen molar-refractivity contribution in [2.75, 3.05) is 7.05 Å². The molecule has 0 rings (SSSR count). The SMILES string of the molecule is CCC(=CC(=C(C)CC)C(F)F)C(=O)NC. The first-order chi connectivity index (χ1) is 7.47. The van der Waals surface area contributed by atoms with E-state index in [0.717, 1.165) is 0 Å². The summed E-state index contributed by atoms with van der Waals surface area (Å²) in [5.74, 6) is -0.301. The molecule has 0 atom stereocenters. The summed E-state index contributed by atoms with van der Waals surface area (Å²) in [6, 6.07) is 0. The van der Waals surface area contributed by atoms with Crippen LogP contribution in [0.15, 0.2) is 22.8 Å². The number of carbonyl (C=O) groups excluding carboxylic acids is 1. The second-order valence-electron chi connectivity index (χ2n) is 3.49. The Morgan fingerprint density at radius 2 is 1.88 bits per heavy atom. The Hall–Kier alpha value is -1.19. The molecule has 0 aromatic heterocycles. The second kappa shape index (κ2) is 7.14. The molecule has 0 radical (unpaired) electrons. The van der Waals surface area contributed by atoms with Crippen LogP contribution in [0.5, 0.6) is 0 Å². The molecule has 0 spiro atoms. The predicted octanol–water partition coefficient (Wildman–Crippen LogP) is 3.06. The maximum absolute atomic E-state index is 12.8. The summed E-state index contributed by atoms with van der Waals surface area (Å²) < 4.78 is 25.5. The highest BCUT2D eigenvalue weighted by Crippen LogP contribution is 2.20. The Labute approximate surface area is 95.4 Å². The van der Waals surface area contributed by atoms with E-state index in [-0.39, 0.29) is 11.5 Å². The Morgan fingerprint density at radius 1 is 1.31 bits per heavy atom. The fourth-order valence-corrected chi connectivity index (χ4v) is 1.25. The molecule has 1 N–H and O–H groups in total. The van der Waals surface area contributed by atoms with Crippen molar-refractivity contribution in [2.24, 2.45) is 0 Å². The normalized spacial score (nSPS) is 13.8. The Balaban J connectivity index is 5.26. The van der Waals surface area contributed by atoms with Crippen molar-refractivity contribution in [2.45, 2.75) is 40.0 Å². The number of rotatable bonds is 5.